The van der Waals surface area contributed by atoms with Gasteiger partial charge < -0.3 is 10.2 Å². The van der Waals surface area contributed by atoms with Crippen LogP contribution in [0.4, 0.5) is 5.82 Å². The summed E-state index contributed by atoms with van der Waals surface area (Å²) in [5.41, 5.74) is 0. The number of likely N-dealkylation sites (tertiary alicyclic amines) is 1. The van der Waals surface area contributed by atoms with Gasteiger partial charge in [-0.3, -0.25) is 0 Å². The van der Waals surface area contributed by atoms with Gasteiger partial charge in [-0.15, -0.1) is 0 Å². The van der Waals surface area contributed by atoms with Crippen LogP contribution < -0.4 is 5.32 Å². The van der Waals surface area contributed by atoms with E-state index < -0.39 is 0 Å². The maximum Gasteiger partial charge on any atom is 0.171 e. The monoisotopic (exact) mass is 226 g/mol. The predicted molar refractivity (Wildman–Crippen MR) is 61.1 cm³/mol. The second-order valence-corrected chi connectivity index (χ2v) is 4.35. The van der Waals surface area contributed by atoms with Crippen LogP contribution in [-0.4, -0.2) is 41.5 Å². The quantitative estimate of drug-likeness (QED) is 0.848. The molecule has 0 aliphatic carbocycles. The fraction of sp³-hybridized carbons (Fsp3) is 0.600. The van der Waals surface area contributed by atoms with Crippen molar-refractivity contribution >= 4 is 17.4 Å². The molecule has 1 aromatic heterocycles. The van der Waals surface area contributed by atoms with Crippen LogP contribution in [0, 0.1) is 5.92 Å². The lowest BCUT2D eigenvalue weighted by Crippen LogP contribution is -2.19. The molecule has 0 radical (unpaired) electrons. The average Bonchev–Trinajstić information content (AvgIpc) is 2.63. The molecule has 5 heteroatoms. The van der Waals surface area contributed by atoms with E-state index in [0.717, 1.165) is 13.1 Å². The first-order valence-corrected chi connectivity index (χ1v) is 5.52. The Kier molecular flexibility index (Phi) is 3.38. The van der Waals surface area contributed by atoms with Gasteiger partial charge >= 0.3 is 0 Å². The van der Waals surface area contributed by atoms with Crippen molar-refractivity contribution in [2.45, 2.75) is 6.42 Å². The van der Waals surface area contributed by atoms with Crippen molar-refractivity contribution in [3.05, 3.63) is 17.5 Å². The van der Waals surface area contributed by atoms with Crippen molar-refractivity contribution in [1.82, 2.24) is 14.9 Å². The normalized spacial score (nSPS) is 21.9. The van der Waals surface area contributed by atoms with Gasteiger partial charge in [0.1, 0.15) is 0 Å². The van der Waals surface area contributed by atoms with E-state index >= 15 is 0 Å². The number of nitrogens with zero attached hydrogens (tertiary/aromatic N) is 3. The fourth-order valence-corrected chi connectivity index (χ4v) is 2.05. The van der Waals surface area contributed by atoms with E-state index in [4.69, 9.17) is 11.6 Å². The highest BCUT2D eigenvalue weighted by atomic mass is 35.5. The molecule has 1 N–H and O–H groups in total. The lowest BCUT2D eigenvalue weighted by Gasteiger charge is -2.12. The van der Waals surface area contributed by atoms with Gasteiger partial charge in [0.2, 0.25) is 0 Å². The summed E-state index contributed by atoms with van der Waals surface area (Å²) in [6.07, 6.45) is 4.48. The minimum Gasteiger partial charge on any atom is -0.367 e. The average molecular weight is 227 g/mol. The minimum atomic E-state index is 0.448. The van der Waals surface area contributed by atoms with Crippen molar-refractivity contribution < 1.29 is 0 Å². The topological polar surface area (TPSA) is 41.0 Å². The summed E-state index contributed by atoms with van der Waals surface area (Å²) in [4.78, 5) is 10.4. The molecule has 2 rings (SSSR count). The van der Waals surface area contributed by atoms with Gasteiger partial charge in [-0.25, -0.2) is 9.97 Å². The smallest absolute Gasteiger partial charge is 0.171 e. The third-order valence-electron chi connectivity index (χ3n) is 2.70. The molecule has 0 spiro atoms. The Bertz CT molecular complexity index is 331. The van der Waals surface area contributed by atoms with Gasteiger partial charge in [0.25, 0.3) is 0 Å². The van der Waals surface area contributed by atoms with Crippen LogP contribution in [0.2, 0.25) is 5.15 Å². The highest BCUT2D eigenvalue weighted by molar-refractivity contribution is 6.31. The van der Waals surface area contributed by atoms with Crippen LogP contribution in [0.25, 0.3) is 0 Å². The van der Waals surface area contributed by atoms with Crippen molar-refractivity contribution in [2.24, 2.45) is 5.92 Å². The zero-order chi connectivity index (χ0) is 10.7. The fourth-order valence-electron chi connectivity index (χ4n) is 1.87. The number of rotatable bonds is 3. The first-order valence-electron chi connectivity index (χ1n) is 5.14. The van der Waals surface area contributed by atoms with Crippen molar-refractivity contribution in [2.75, 3.05) is 32.0 Å². The van der Waals surface area contributed by atoms with Crippen LogP contribution in [0.1, 0.15) is 6.42 Å². The summed E-state index contributed by atoms with van der Waals surface area (Å²) in [6.45, 7) is 3.24. The molecule has 4 nitrogen and oxygen atoms in total. The number of anilines is 1. The van der Waals surface area contributed by atoms with Crippen LogP contribution in [0.15, 0.2) is 12.4 Å². The molecule has 0 bridgehead atoms. The molecule has 0 saturated carbocycles. The summed E-state index contributed by atoms with van der Waals surface area (Å²) in [7, 11) is 2.15. The predicted octanol–water partition coefficient (Wildman–Crippen LogP) is 1.49. The lowest BCUT2D eigenvalue weighted by molar-refractivity contribution is 0.399. The molecule has 0 aromatic carbocycles. The molecule has 1 unspecified atom stereocenters. The molecule has 1 atom stereocenters. The Hall–Kier alpha value is -0.870. The highest BCUT2D eigenvalue weighted by Gasteiger charge is 2.19. The first-order chi connectivity index (χ1) is 7.25. The molecule has 0 amide bonds. The largest absolute Gasteiger partial charge is 0.367 e. The Labute approximate surface area is 94.7 Å². The molecule has 15 heavy (non-hydrogen) atoms. The van der Waals surface area contributed by atoms with E-state index in [1.807, 2.05) is 0 Å². The molecule has 1 saturated heterocycles. The number of nitrogens with one attached hydrogen (secondary N) is 1. The zero-order valence-electron chi connectivity index (χ0n) is 8.78. The van der Waals surface area contributed by atoms with Gasteiger partial charge in [0, 0.05) is 25.5 Å². The molecular formula is C10H15ClN4. The van der Waals surface area contributed by atoms with Crippen LogP contribution in [0.3, 0.4) is 0 Å². The molecule has 82 valence electrons. The van der Waals surface area contributed by atoms with E-state index in [1.165, 1.54) is 13.0 Å². The van der Waals surface area contributed by atoms with Crippen LogP contribution >= 0.6 is 11.6 Å². The third-order valence-corrected chi connectivity index (χ3v) is 2.98. The number of halogens is 1. The third kappa shape index (κ3) is 2.79. The Morgan fingerprint density at radius 3 is 3.00 bits per heavy atom. The molecule has 1 fully saturated rings. The molecule has 2 heterocycles. The van der Waals surface area contributed by atoms with Crippen molar-refractivity contribution in [3.63, 3.8) is 0 Å². The second-order valence-electron chi connectivity index (χ2n) is 3.99. The van der Waals surface area contributed by atoms with E-state index in [2.05, 4.69) is 27.2 Å². The van der Waals surface area contributed by atoms with Crippen LogP contribution in [-0.2, 0) is 0 Å². The Morgan fingerprint density at radius 2 is 2.33 bits per heavy atom. The van der Waals surface area contributed by atoms with Crippen molar-refractivity contribution in [1.29, 1.82) is 0 Å². The van der Waals surface area contributed by atoms with E-state index in [0.29, 0.717) is 16.9 Å². The molecule has 1 aliphatic rings. The van der Waals surface area contributed by atoms with E-state index in [9.17, 15) is 0 Å². The van der Waals surface area contributed by atoms with Gasteiger partial charge in [0.05, 0.1) is 0 Å². The first kappa shape index (κ1) is 10.6. The number of aromatic nitrogens is 2. The lowest BCUT2D eigenvalue weighted by atomic mass is 10.1. The van der Waals surface area contributed by atoms with E-state index in [-0.39, 0.29) is 0 Å². The summed E-state index contributed by atoms with van der Waals surface area (Å²) in [6, 6.07) is 0. The Morgan fingerprint density at radius 1 is 1.53 bits per heavy atom. The molecule has 1 aromatic rings. The minimum absolute atomic E-state index is 0.448. The van der Waals surface area contributed by atoms with Gasteiger partial charge in [-0.2, -0.15) is 0 Å². The van der Waals surface area contributed by atoms with Crippen LogP contribution in [0.5, 0.6) is 0 Å². The summed E-state index contributed by atoms with van der Waals surface area (Å²) < 4.78 is 0. The molecular weight excluding hydrogens is 212 g/mol. The van der Waals surface area contributed by atoms with Gasteiger partial charge in [-0.05, 0) is 25.9 Å². The summed E-state index contributed by atoms with van der Waals surface area (Å²) in [5.74, 6) is 1.38. The second kappa shape index (κ2) is 4.77. The highest BCUT2D eigenvalue weighted by Crippen LogP contribution is 2.18. The van der Waals surface area contributed by atoms with E-state index in [1.54, 1.807) is 12.4 Å². The number of hydrogen-bond acceptors (Lipinski definition) is 4. The van der Waals surface area contributed by atoms with Gasteiger partial charge in [0.15, 0.2) is 11.0 Å². The summed E-state index contributed by atoms with van der Waals surface area (Å²) >= 11 is 5.89. The maximum atomic E-state index is 5.89. The maximum absolute atomic E-state index is 5.89. The molecule has 1 aliphatic heterocycles. The SMILES string of the molecule is CN1CCC(CNc2nccnc2Cl)C1. The number of hydrogen-bond donors (Lipinski definition) is 1. The van der Waals surface area contributed by atoms with Gasteiger partial charge in [-0.1, -0.05) is 11.6 Å². The Balaban J connectivity index is 1.86. The zero-order valence-corrected chi connectivity index (χ0v) is 9.54. The standard InChI is InChI=1S/C10H15ClN4/c1-15-5-2-8(7-15)6-14-10-9(11)12-3-4-13-10/h3-4,8H,2,5-7H2,1H3,(H,13,14). The van der Waals surface area contributed by atoms with Crippen molar-refractivity contribution in [3.8, 4) is 0 Å². The summed E-state index contributed by atoms with van der Waals surface area (Å²) in [5, 5.41) is 3.69.